The van der Waals surface area contributed by atoms with E-state index >= 15 is 4.39 Å². The fourth-order valence-corrected chi connectivity index (χ4v) is 6.93. The molecular formula is C23H29FN2O3S. The van der Waals surface area contributed by atoms with Crippen molar-refractivity contribution in [3.8, 4) is 0 Å². The topological polar surface area (TPSA) is 81.4 Å². The molecule has 2 aromatic rings. The van der Waals surface area contributed by atoms with Crippen LogP contribution in [-0.4, -0.2) is 39.5 Å². The number of rotatable bonds is 4. The molecule has 30 heavy (non-hydrogen) atoms. The van der Waals surface area contributed by atoms with Crippen LogP contribution in [0.4, 0.5) is 4.39 Å². The summed E-state index contributed by atoms with van der Waals surface area (Å²) in [5, 5.41) is 1.98. The molecule has 0 radical (unpaired) electrons. The summed E-state index contributed by atoms with van der Waals surface area (Å²) in [5.41, 5.74) is 7.80. The number of sulfone groups is 1. The molecule has 2 fully saturated rings. The summed E-state index contributed by atoms with van der Waals surface area (Å²) in [6.07, 6.45) is 1.41. The van der Waals surface area contributed by atoms with E-state index in [9.17, 15) is 8.42 Å². The van der Waals surface area contributed by atoms with E-state index in [1.165, 1.54) is 6.07 Å². The van der Waals surface area contributed by atoms with Gasteiger partial charge in [-0.05, 0) is 48.9 Å². The maximum absolute atomic E-state index is 15.0. The van der Waals surface area contributed by atoms with E-state index in [-0.39, 0.29) is 12.5 Å². The molecule has 2 aliphatic heterocycles. The molecule has 3 atom stereocenters. The minimum Gasteiger partial charge on any atom is -0.381 e. The fraction of sp³-hybridized carbons (Fsp3) is 0.478. The van der Waals surface area contributed by atoms with Gasteiger partial charge < -0.3 is 15.8 Å². The number of ether oxygens (including phenoxy) is 1. The van der Waals surface area contributed by atoms with Gasteiger partial charge in [0, 0.05) is 31.3 Å². The first-order chi connectivity index (χ1) is 14.3. The third-order valence-electron chi connectivity index (χ3n) is 6.61. The second-order valence-corrected chi connectivity index (χ2v) is 10.9. The SMILES string of the molecule is C[C@@H]1NC[C@@H](c2ccccc2)S(=O)(=O)C1Cc1ccc(C2(N)CCOCC2)cc1F. The monoisotopic (exact) mass is 432 g/mol. The zero-order valence-corrected chi connectivity index (χ0v) is 18.0. The molecule has 2 saturated heterocycles. The Kier molecular flexibility index (Phi) is 5.99. The van der Waals surface area contributed by atoms with Gasteiger partial charge in [0.1, 0.15) is 5.82 Å². The summed E-state index contributed by atoms with van der Waals surface area (Å²) in [7, 11) is -3.49. The van der Waals surface area contributed by atoms with Gasteiger partial charge in [-0.3, -0.25) is 0 Å². The molecule has 162 valence electrons. The molecule has 0 bridgehead atoms. The van der Waals surface area contributed by atoms with E-state index in [2.05, 4.69) is 5.32 Å². The zero-order chi connectivity index (χ0) is 21.4. The molecule has 1 unspecified atom stereocenters. The van der Waals surface area contributed by atoms with Crippen molar-refractivity contribution in [3.05, 3.63) is 71.0 Å². The van der Waals surface area contributed by atoms with Crippen molar-refractivity contribution in [1.82, 2.24) is 5.32 Å². The van der Waals surface area contributed by atoms with Crippen LogP contribution in [0.5, 0.6) is 0 Å². The van der Waals surface area contributed by atoms with Gasteiger partial charge in [0.15, 0.2) is 9.84 Å². The molecule has 2 heterocycles. The van der Waals surface area contributed by atoms with E-state index in [4.69, 9.17) is 10.5 Å². The smallest absolute Gasteiger partial charge is 0.163 e. The van der Waals surface area contributed by atoms with E-state index in [0.29, 0.717) is 38.2 Å². The van der Waals surface area contributed by atoms with Crippen molar-refractivity contribution >= 4 is 9.84 Å². The normalized spacial score (nSPS) is 28.2. The maximum Gasteiger partial charge on any atom is 0.163 e. The molecule has 4 rings (SSSR count). The first-order valence-electron chi connectivity index (χ1n) is 10.5. The average Bonchev–Trinajstić information content (AvgIpc) is 2.73. The molecule has 0 saturated carbocycles. The fourth-order valence-electron chi connectivity index (χ4n) is 4.57. The highest BCUT2D eigenvalue weighted by Crippen LogP contribution is 2.34. The summed E-state index contributed by atoms with van der Waals surface area (Å²) in [6.45, 7) is 3.34. The Labute approximate surface area is 177 Å². The largest absolute Gasteiger partial charge is 0.381 e. The van der Waals surface area contributed by atoms with E-state index in [1.807, 2.05) is 43.3 Å². The highest BCUT2D eigenvalue weighted by Gasteiger charge is 2.42. The Morgan fingerprint density at radius 2 is 1.87 bits per heavy atom. The van der Waals surface area contributed by atoms with Crippen molar-refractivity contribution in [2.45, 2.75) is 48.3 Å². The number of nitrogens with two attached hydrogens (primary N) is 1. The molecule has 2 aliphatic rings. The summed E-state index contributed by atoms with van der Waals surface area (Å²) >= 11 is 0. The Bertz CT molecular complexity index is 991. The Hall–Kier alpha value is -1.80. The van der Waals surface area contributed by atoms with Crippen LogP contribution in [0.2, 0.25) is 0 Å². The standard InChI is InChI=1S/C23H29FN2O3S/c1-16-21(30(27,28)22(15-26-16)17-5-3-2-4-6-17)13-18-7-8-19(14-20(18)24)23(25)9-11-29-12-10-23/h2-8,14,16,21-22,26H,9-13,15,25H2,1H3/t16-,21?,22-/m0/s1. The minimum absolute atomic E-state index is 0.132. The summed E-state index contributed by atoms with van der Waals surface area (Å²) in [4.78, 5) is 0. The molecule has 3 N–H and O–H groups in total. The average molecular weight is 433 g/mol. The minimum atomic E-state index is -3.49. The summed E-state index contributed by atoms with van der Waals surface area (Å²) < 4.78 is 47.2. The van der Waals surface area contributed by atoms with Crippen LogP contribution in [0.3, 0.4) is 0 Å². The Balaban J connectivity index is 1.59. The highest BCUT2D eigenvalue weighted by atomic mass is 32.2. The highest BCUT2D eigenvalue weighted by molar-refractivity contribution is 7.92. The lowest BCUT2D eigenvalue weighted by molar-refractivity contribution is 0.0521. The number of nitrogens with one attached hydrogen (secondary N) is 1. The van der Waals surface area contributed by atoms with Crippen molar-refractivity contribution in [1.29, 1.82) is 0 Å². The van der Waals surface area contributed by atoms with Gasteiger partial charge in [-0.2, -0.15) is 0 Å². The molecule has 0 aromatic heterocycles. The maximum atomic E-state index is 15.0. The number of halogens is 1. The second-order valence-electron chi connectivity index (χ2n) is 8.50. The van der Waals surface area contributed by atoms with Crippen molar-refractivity contribution < 1.29 is 17.5 Å². The molecule has 5 nitrogen and oxygen atoms in total. The van der Waals surface area contributed by atoms with Crippen LogP contribution in [-0.2, 0) is 26.5 Å². The van der Waals surface area contributed by atoms with Gasteiger partial charge >= 0.3 is 0 Å². The van der Waals surface area contributed by atoms with Gasteiger partial charge in [-0.1, -0.05) is 42.5 Å². The molecule has 2 aromatic carbocycles. The quantitative estimate of drug-likeness (QED) is 0.777. The zero-order valence-electron chi connectivity index (χ0n) is 17.2. The molecule has 0 amide bonds. The van der Waals surface area contributed by atoms with Gasteiger partial charge in [-0.15, -0.1) is 0 Å². The second kappa shape index (κ2) is 8.38. The lowest BCUT2D eigenvalue weighted by Gasteiger charge is -2.36. The van der Waals surface area contributed by atoms with Crippen LogP contribution in [0.1, 0.15) is 41.7 Å². The predicted octanol–water partition coefficient (Wildman–Crippen LogP) is 2.85. The predicted molar refractivity (Wildman–Crippen MR) is 115 cm³/mol. The first kappa shape index (κ1) is 21.4. The van der Waals surface area contributed by atoms with Crippen LogP contribution in [0.25, 0.3) is 0 Å². The van der Waals surface area contributed by atoms with Gasteiger partial charge in [0.05, 0.1) is 10.5 Å². The molecule has 7 heteroatoms. The molecule has 0 spiro atoms. The number of benzene rings is 2. The van der Waals surface area contributed by atoms with Crippen LogP contribution in [0, 0.1) is 5.82 Å². The van der Waals surface area contributed by atoms with Crippen molar-refractivity contribution in [2.24, 2.45) is 5.73 Å². The van der Waals surface area contributed by atoms with Crippen molar-refractivity contribution in [2.75, 3.05) is 19.8 Å². The lowest BCUT2D eigenvalue weighted by Crippen LogP contribution is -2.53. The Morgan fingerprint density at radius 3 is 2.53 bits per heavy atom. The van der Waals surface area contributed by atoms with E-state index < -0.39 is 31.7 Å². The lowest BCUT2D eigenvalue weighted by atomic mass is 9.83. The molecule has 0 aliphatic carbocycles. The third kappa shape index (κ3) is 4.04. The van der Waals surface area contributed by atoms with Crippen LogP contribution >= 0.6 is 0 Å². The van der Waals surface area contributed by atoms with Crippen LogP contribution < -0.4 is 11.1 Å². The van der Waals surface area contributed by atoms with Crippen LogP contribution in [0.15, 0.2) is 48.5 Å². The Morgan fingerprint density at radius 1 is 1.17 bits per heavy atom. The number of hydrogen-bond acceptors (Lipinski definition) is 5. The first-order valence-corrected chi connectivity index (χ1v) is 12.1. The van der Waals surface area contributed by atoms with Gasteiger partial charge in [0.25, 0.3) is 0 Å². The molecular weight excluding hydrogens is 403 g/mol. The third-order valence-corrected chi connectivity index (χ3v) is 9.26. The number of hydrogen-bond donors (Lipinski definition) is 2. The van der Waals surface area contributed by atoms with E-state index in [0.717, 1.165) is 11.1 Å². The summed E-state index contributed by atoms with van der Waals surface area (Å²) in [6, 6.07) is 14.0. The van der Waals surface area contributed by atoms with Gasteiger partial charge in [0.2, 0.25) is 0 Å². The van der Waals surface area contributed by atoms with Gasteiger partial charge in [-0.25, -0.2) is 12.8 Å². The summed E-state index contributed by atoms with van der Waals surface area (Å²) in [5.74, 6) is -0.395. The van der Waals surface area contributed by atoms with E-state index in [1.54, 1.807) is 6.07 Å². The van der Waals surface area contributed by atoms with Crippen molar-refractivity contribution in [3.63, 3.8) is 0 Å².